The number of anilines is 2. The van der Waals surface area contributed by atoms with Crippen molar-refractivity contribution in [1.29, 1.82) is 0 Å². The van der Waals surface area contributed by atoms with E-state index in [9.17, 15) is 19.8 Å². The molecule has 0 fully saturated rings. The Kier molecular flexibility index (Phi) is 5.85. The fourth-order valence-electron chi connectivity index (χ4n) is 5.14. The number of rotatable bonds is 7. The minimum atomic E-state index is -0.815. The minimum absolute atomic E-state index is 0.0583. The van der Waals surface area contributed by atoms with Gasteiger partial charge in [-0.1, -0.05) is 54.2 Å². The fraction of sp³-hybridized carbons (Fsp3) is 0.133. The number of benzene rings is 4. The topological polar surface area (TPSA) is 82.8 Å². The van der Waals surface area contributed by atoms with E-state index >= 15 is 0 Å². The van der Waals surface area contributed by atoms with Gasteiger partial charge in [-0.15, -0.1) is 0 Å². The Morgan fingerprint density at radius 2 is 1.30 bits per heavy atom. The highest BCUT2D eigenvalue weighted by Gasteiger charge is 2.24. The second-order valence-corrected chi connectivity index (χ2v) is 10.2. The summed E-state index contributed by atoms with van der Waals surface area (Å²) in [7, 11) is 0. The maximum absolute atomic E-state index is 11.3. The van der Waals surface area contributed by atoms with Crippen LogP contribution in [0.3, 0.4) is 0 Å². The molecule has 37 heavy (non-hydrogen) atoms. The minimum Gasteiger partial charge on any atom is -0.481 e. The van der Waals surface area contributed by atoms with Crippen molar-refractivity contribution in [3.63, 3.8) is 0 Å². The maximum atomic E-state index is 11.3. The van der Waals surface area contributed by atoms with E-state index in [2.05, 4.69) is 58.0 Å². The standard InChI is InChI=1S/C30H24N2O4S/c33-29(34)13-15-31-23-6-2-1-5-21(23)22-17-19(9-11-24(22)31)20-10-12-26-28(18-20)37-27-8-4-3-7-25(27)32(26)16-14-30(35)36/h1-12,17-18H,13-16H2,(H,33,34)(H,35,36). The first-order chi connectivity index (χ1) is 18.0. The molecule has 0 saturated heterocycles. The van der Waals surface area contributed by atoms with Crippen LogP contribution in [0, 0.1) is 0 Å². The molecule has 0 saturated carbocycles. The number of aryl methyl sites for hydroxylation is 1. The molecule has 0 radical (unpaired) electrons. The van der Waals surface area contributed by atoms with Crippen LogP contribution in [0.4, 0.5) is 11.4 Å². The first kappa shape index (κ1) is 23.2. The molecule has 1 aromatic heterocycles. The van der Waals surface area contributed by atoms with Crippen LogP contribution in [0.1, 0.15) is 12.8 Å². The van der Waals surface area contributed by atoms with Gasteiger partial charge in [0.25, 0.3) is 0 Å². The zero-order chi connectivity index (χ0) is 25.5. The summed E-state index contributed by atoms with van der Waals surface area (Å²) in [6.07, 6.45) is 0.125. The van der Waals surface area contributed by atoms with Crippen LogP contribution in [0.15, 0.2) is 94.7 Å². The fourth-order valence-corrected chi connectivity index (χ4v) is 6.28. The number of carboxylic acids is 2. The lowest BCUT2D eigenvalue weighted by atomic mass is 10.0. The van der Waals surface area contributed by atoms with Gasteiger partial charge in [-0.25, -0.2) is 0 Å². The van der Waals surface area contributed by atoms with Crippen LogP contribution >= 0.6 is 11.8 Å². The lowest BCUT2D eigenvalue weighted by Gasteiger charge is -2.32. The van der Waals surface area contributed by atoms with E-state index in [1.807, 2.05) is 36.4 Å². The third kappa shape index (κ3) is 4.21. The van der Waals surface area contributed by atoms with E-state index in [0.29, 0.717) is 13.1 Å². The average Bonchev–Trinajstić information content (AvgIpc) is 3.22. The number of hydrogen-bond acceptors (Lipinski definition) is 4. The highest BCUT2D eigenvalue weighted by molar-refractivity contribution is 7.99. The largest absolute Gasteiger partial charge is 0.481 e. The smallest absolute Gasteiger partial charge is 0.305 e. The highest BCUT2D eigenvalue weighted by atomic mass is 32.2. The molecule has 2 heterocycles. The van der Waals surface area contributed by atoms with E-state index in [1.54, 1.807) is 11.8 Å². The number of aliphatic carboxylic acids is 2. The summed E-state index contributed by atoms with van der Waals surface area (Å²) in [5.41, 5.74) is 6.25. The van der Waals surface area contributed by atoms with Gasteiger partial charge in [0.1, 0.15) is 0 Å². The van der Waals surface area contributed by atoms with Crippen LogP contribution in [0.5, 0.6) is 0 Å². The average molecular weight is 509 g/mol. The molecule has 7 heteroatoms. The molecule has 0 unspecified atom stereocenters. The van der Waals surface area contributed by atoms with Gasteiger partial charge in [-0.2, -0.15) is 0 Å². The summed E-state index contributed by atoms with van der Waals surface area (Å²) in [4.78, 5) is 26.9. The molecule has 0 aliphatic carbocycles. The van der Waals surface area contributed by atoms with Gasteiger partial charge in [-0.3, -0.25) is 9.59 Å². The summed E-state index contributed by atoms with van der Waals surface area (Å²) in [5.74, 6) is -1.63. The van der Waals surface area contributed by atoms with Crippen molar-refractivity contribution in [2.24, 2.45) is 0 Å². The summed E-state index contributed by atoms with van der Waals surface area (Å²) in [5, 5.41) is 20.7. The third-order valence-electron chi connectivity index (χ3n) is 6.83. The second kappa shape index (κ2) is 9.33. The maximum Gasteiger partial charge on any atom is 0.305 e. The van der Waals surface area contributed by atoms with Gasteiger partial charge in [0, 0.05) is 44.7 Å². The predicted octanol–water partition coefficient (Wildman–Crippen LogP) is 7.01. The van der Waals surface area contributed by atoms with Crippen molar-refractivity contribution in [1.82, 2.24) is 4.57 Å². The molecule has 0 spiro atoms. The van der Waals surface area contributed by atoms with E-state index in [-0.39, 0.29) is 12.8 Å². The molecule has 6 rings (SSSR count). The Balaban J connectivity index is 1.43. The van der Waals surface area contributed by atoms with Gasteiger partial charge in [0.05, 0.1) is 24.2 Å². The zero-order valence-corrected chi connectivity index (χ0v) is 20.7. The molecular weight excluding hydrogens is 484 g/mol. The van der Waals surface area contributed by atoms with Crippen molar-refractivity contribution >= 4 is 56.9 Å². The first-order valence-electron chi connectivity index (χ1n) is 12.1. The van der Waals surface area contributed by atoms with Gasteiger partial charge in [-0.05, 0) is 53.6 Å². The lowest BCUT2D eigenvalue weighted by molar-refractivity contribution is -0.138. The number of carbonyl (C=O) groups is 2. The predicted molar refractivity (Wildman–Crippen MR) is 147 cm³/mol. The van der Waals surface area contributed by atoms with Crippen LogP contribution in [-0.2, 0) is 16.1 Å². The van der Waals surface area contributed by atoms with Crippen molar-refractivity contribution in [2.45, 2.75) is 29.2 Å². The van der Waals surface area contributed by atoms with Crippen LogP contribution in [0.2, 0.25) is 0 Å². The van der Waals surface area contributed by atoms with E-state index in [4.69, 9.17) is 0 Å². The number of fused-ring (bicyclic) bond motifs is 5. The Morgan fingerprint density at radius 1 is 0.649 bits per heavy atom. The molecule has 1 aliphatic heterocycles. The van der Waals surface area contributed by atoms with Crippen molar-refractivity contribution < 1.29 is 19.8 Å². The summed E-state index contributed by atoms with van der Waals surface area (Å²) in [6, 6.07) is 28.9. The number of carboxylic acid groups (broad SMARTS) is 2. The quantitative estimate of drug-likeness (QED) is 0.246. The normalized spacial score (nSPS) is 12.5. The molecule has 0 amide bonds. The molecule has 0 atom stereocenters. The van der Waals surface area contributed by atoms with Crippen LogP contribution in [0.25, 0.3) is 32.9 Å². The molecule has 4 aromatic carbocycles. The molecular formula is C30H24N2O4S. The third-order valence-corrected chi connectivity index (χ3v) is 7.94. The first-order valence-corrected chi connectivity index (χ1v) is 12.9. The van der Waals surface area contributed by atoms with Crippen molar-refractivity contribution in [3.05, 3.63) is 84.9 Å². The molecule has 2 N–H and O–H groups in total. The highest BCUT2D eigenvalue weighted by Crippen LogP contribution is 2.49. The number of hydrogen-bond donors (Lipinski definition) is 2. The molecule has 0 bridgehead atoms. The van der Waals surface area contributed by atoms with Crippen LogP contribution < -0.4 is 4.90 Å². The van der Waals surface area contributed by atoms with E-state index in [0.717, 1.165) is 54.1 Å². The van der Waals surface area contributed by atoms with Crippen molar-refractivity contribution in [3.8, 4) is 11.1 Å². The van der Waals surface area contributed by atoms with E-state index < -0.39 is 11.9 Å². The lowest BCUT2D eigenvalue weighted by Crippen LogP contribution is -2.23. The molecule has 1 aliphatic rings. The SMILES string of the molecule is O=C(O)CCN1c2ccccc2Sc2cc(-c3ccc4c(c3)c3ccccc3n4CCC(=O)O)ccc21. The summed E-state index contributed by atoms with van der Waals surface area (Å²) >= 11 is 1.70. The second-order valence-electron chi connectivity index (χ2n) is 9.09. The molecule has 184 valence electrons. The Bertz CT molecular complexity index is 1690. The number of nitrogens with zero attached hydrogens (tertiary/aromatic N) is 2. The monoisotopic (exact) mass is 508 g/mol. The van der Waals surface area contributed by atoms with Gasteiger partial charge in [0.15, 0.2) is 0 Å². The Morgan fingerprint density at radius 3 is 2.14 bits per heavy atom. The number of para-hydroxylation sites is 2. The van der Waals surface area contributed by atoms with Gasteiger partial charge in [0.2, 0.25) is 0 Å². The molecule has 5 aromatic rings. The van der Waals surface area contributed by atoms with E-state index in [1.165, 1.54) is 0 Å². The zero-order valence-electron chi connectivity index (χ0n) is 19.9. The summed E-state index contributed by atoms with van der Waals surface area (Å²) in [6.45, 7) is 0.820. The Hall–Kier alpha value is -4.23. The number of aromatic nitrogens is 1. The summed E-state index contributed by atoms with van der Waals surface area (Å²) < 4.78 is 2.09. The van der Waals surface area contributed by atoms with Crippen LogP contribution in [-0.4, -0.2) is 33.3 Å². The molecule has 6 nitrogen and oxygen atoms in total. The van der Waals surface area contributed by atoms with Gasteiger partial charge < -0.3 is 19.7 Å². The van der Waals surface area contributed by atoms with Crippen molar-refractivity contribution in [2.75, 3.05) is 11.4 Å². The Labute approximate surface area is 217 Å². The van der Waals surface area contributed by atoms with Gasteiger partial charge >= 0.3 is 11.9 Å².